The summed E-state index contributed by atoms with van der Waals surface area (Å²) in [5.41, 5.74) is 1.42. The molecule has 1 aromatic heterocycles. The van der Waals surface area contributed by atoms with Crippen LogP contribution in [0, 0.1) is 0 Å². The number of hydrogen-bond acceptors (Lipinski definition) is 2. The minimum atomic E-state index is 0.608. The molecule has 0 radical (unpaired) electrons. The summed E-state index contributed by atoms with van der Waals surface area (Å²) in [5.74, 6) is 0.608. The van der Waals surface area contributed by atoms with Gasteiger partial charge in [0.15, 0.2) is 0 Å². The van der Waals surface area contributed by atoms with E-state index in [4.69, 9.17) is 0 Å². The maximum absolute atomic E-state index is 2.31. The van der Waals surface area contributed by atoms with Crippen molar-refractivity contribution in [1.29, 1.82) is 0 Å². The van der Waals surface area contributed by atoms with E-state index < -0.39 is 0 Å². The Hall–Kier alpha value is -1.02. The zero-order chi connectivity index (χ0) is 11.0. The van der Waals surface area contributed by atoms with E-state index in [0.29, 0.717) is 5.92 Å². The van der Waals surface area contributed by atoms with Gasteiger partial charge in [0.25, 0.3) is 0 Å². The molecule has 0 amide bonds. The number of anilines is 1. The highest BCUT2D eigenvalue weighted by Crippen LogP contribution is 2.33. The molecule has 1 nitrogen and oxygen atoms in total. The van der Waals surface area contributed by atoms with E-state index in [1.165, 1.54) is 20.7 Å². The molecular formula is C13H17NS. The Balaban J connectivity index is 2.52. The van der Waals surface area contributed by atoms with Crippen LogP contribution in [0.2, 0.25) is 0 Å². The Morgan fingerprint density at radius 2 is 1.87 bits per heavy atom. The van der Waals surface area contributed by atoms with E-state index in [1.54, 1.807) is 0 Å². The van der Waals surface area contributed by atoms with Crippen LogP contribution in [0.15, 0.2) is 24.3 Å². The quantitative estimate of drug-likeness (QED) is 0.735. The van der Waals surface area contributed by atoms with Gasteiger partial charge < -0.3 is 4.90 Å². The highest BCUT2D eigenvalue weighted by molar-refractivity contribution is 7.22. The Kier molecular flexibility index (Phi) is 2.70. The van der Waals surface area contributed by atoms with Gasteiger partial charge in [0.05, 0.1) is 5.00 Å². The fourth-order valence-corrected chi connectivity index (χ4v) is 2.59. The van der Waals surface area contributed by atoms with Crippen molar-refractivity contribution in [1.82, 2.24) is 0 Å². The normalized spacial score (nSPS) is 11.3. The number of rotatable bonds is 2. The van der Waals surface area contributed by atoms with Gasteiger partial charge in [0, 0.05) is 18.8 Å². The number of nitrogens with zero attached hydrogens (tertiary/aromatic N) is 1. The lowest BCUT2D eigenvalue weighted by Crippen LogP contribution is -2.05. The van der Waals surface area contributed by atoms with E-state index in [9.17, 15) is 0 Å². The first-order valence-electron chi connectivity index (χ1n) is 5.29. The molecule has 0 saturated carbocycles. The van der Waals surface area contributed by atoms with Crippen LogP contribution in [0.25, 0.3) is 10.1 Å². The van der Waals surface area contributed by atoms with Crippen LogP contribution in [0.3, 0.4) is 0 Å². The van der Waals surface area contributed by atoms with Gasteiger partial charge in [-0.05, 0) is 35.1 Å². The van der Waals surface area contributed by atoms with E-state index >= 15 is 0 Å². The van der Waals surface area contributed by atoms with Crippen LogP contribution in [0.4, 0.5) is 5.00 Å². The van der Waals surface area contributed by atoms with Crippen LogP contribution in [0.1, 0.15) is 25.3 Å². The SMILES string of the molecule is CC(C)c1ccc2sc(N(C)C)cc2c1. The molecule has 0 aliphatic heterocycles. The lowest BCUT2D eigenvalue weighted by atomic mass is 10.0. The van der Waals surface area contributed by atoms with Gasteiger partial charge in [-0.1, -0.05) is 19.9 Å². The standard InChI is InChI=1S/C13H17NS/c1-9(2)10-5-6-12-11(7-10)8-13(15-12)14(3)4/h5-9H,1-4H3. The fraction of sp³-hybridized carbons (Fsp3) is 0.385. The maximum Gasteiger partial charge on any atom is 0.0915 e. The van der Waals surface area contributed by atoms with Gasteiger partial charge in [0.2, 0.25) is 0 Å². The number of benzene rings is 1. The van der Waals surface area contributed by atoms with Crippen LogP contribution >= 0.6 is 11.3 Å². The van der Waals surface area contributed by atoms with Gasteiger partial charge in [-0.15, -0.1) is 11.3 Å². The molecule has 0 bridgehead atoms. The second-order valence-electron chi connectivity index (χ2n) is 4.43. The van der Waals surface area contributed by atoms with Gasteiger partial charge in [-0.3, -0.25) is 0 Å². The molecule has 0 atom stereocenters. The van der Waals surface area contributed by atoms with E-state index in [1.807, 2.05) is 11.3 Å². The molecule has 0 N–H and O–H groups in total. The fourth-order valence-electron chi connectivity index (χ4n) is 1.63. The highest BCUT2D eigenvalue weighted by Gasteiger charge is 2.05. The largest absolute Gasteiger partial charge is 0.370 e. The van der Waals surface area contributed by atoms with E-state index in [0.717, 1.165) is 0 Å². The summed E-state index contributed by atoms with van der Waals surface area (Å²) in [6, 6.07) is 9.06. The summed E-state index contributed by atoms with van der Waals surface area (Å²) in [5, 5.41) is 2.70. The molecule has 0 aliphatic carbocycles. The predicted molar refractivity (Wildman–Crippen MR) is 70.2 cm³/mol. The Morgan fingerprint density at radius 3 is 2.47 bits per heavy atom. The smallest absolute Gasteiger partial charge is 0.0915 e. The zero-order valence-corrected chi connectivity index (χ0v) is 10.6. The molecule has 0 aliphatic rings. The van der Waals surface area contributed by atoms with Crippen LogP contribution in [0.5, 0.6) is 0 Å². The van der Waals surface area contributed by atoms with Gasteiger partial charge in [-0.2, -0.15) is 0 Å². The number of hydrogen-bond donors (Lipinski definition) is 0. The molecule has 1 heterocycles. The number of fused-ring (bicyclic) bond motifs is 1. The summed E-state index contributed by atoms with van der Waals surface area (Å²) in [6.07, 6.45) is 0. The molecule has 0 saturated heterocycles. The molecule has 2 heteroatoms. The van der Waals surface area contributed by atoms with Crippen LogP contribution < -0.4 is 4.90 Å². The summed E-state index contributed by atoms with van der Waals surface area (Å²) < 4.78 is 1.38. The predicted octanol–water partition coefficient (Wildman–Crippen LogP) is 4.09. The Labute approximate surface area is 95.3 Å². The molecule has 2 rings (SSSR count). The Bertz CT molecular complexity index is 462. The van der Waals surface area contributed by atoms with Gasteiger partial charge in [0.1, 0.15) is 0 Å². The zero-order valence-electron chi connectivity index (χ0n) is 9.74. The summed E-state index contributed by atoms with van der Waals surface area (Å²) in [4.78, 5) is 2.17. The lowest BCUT2D eigenvalue weighted by Gasteiger charge is -2.06. The van der Waals surface area contributed by atoms with E-state index in [2.05, 4.69) is 57.1 Å². The first kappa shape index (κ1) is 10.5. The molecule has 0 unspecified atom stereocenters. The van der Waals surface area contributed by atoms with Crippen molar-refractivity contribution in [2.45, 2.75) is 19.8 Å². The first-order chi connectivity index (χ1) is 7.08. The minimum Gasteiger partial charge on any atom is -0.370 e. The van der Waals surface area contributed by atoms with Crippen molar-refractivity contribution >= 4 is 26.4 Å². The number of thiophene rings is 1. The van der Waals surface area contributed by atoms with Crippen molar-refractivity contribution in [2.75, 3.05) is 19.0 Å². The van der Waals surface area contributed by atoms with Crippen LogP contribution in [-0.4, -0.2) is 14.1 Å². The first-order valence-corrected chi connectivity index (χ1v) is 6.10. The monoisotopic (exact) mass is 219 g/mol. The van der Waals surface area contributed by atoms with Crippen LogP contribution in [-0.2, 0) is 0 Å². The van der Waals surface area contributed by atoms with Gasteiger partial charge >= 0.3 is 0 Å². The van der Waals surface area contributed by atoms with Crippen molar-refractivity contribution in [3.63, 3.8) is 0 Å². The van der Waals surface area contributed by atoms with Crippen molar-refractivity contribution in [2.24, 2.45) is 0 Å². The third kappa shape index (κ3) is 2.00. The summed E-state index contributed by atoms with van der Waals surface area (Å²) >= 11 is 1.85. The van der Waals surface area contributed by atoms with Gasteiger partial charge in [-0.25, -0.2) is 0 Å². The Morgan fingerprint density at radius 1 is 1.13 bits per heavy atom. The maximum atomic E-state index is 2.31. The average Bonchev–Trinajstić information content (AvgIpc) is 2.59. The molecule has 2 aromatic rings. The minimum absolute atomic E-state index is 0.608. The second kappa shape index (κ2) is 3.86. The second-order valence-corrected chi connectivity index (χ2v) is 5.49. The topological polar surface area (TPSA) is 3.24 Å². The third-order valence-electron chi connectivity index (χ3n) is 2.63. The lowest BCUT2D eigenvalue weighted by molar-refractivity contribution is 0.869. The molecule has 15 heavy (non-hydrogen) atoms. The molecule has 1 aromatic carbocycles. The molecule has 0 fully saturated rings. The van der Waals surface area contributed by atoms with E-state index in [-0.39, 0.29) is 0 Å². The molecular weight excluding hydrogens is 202 g/mol. The summed E-state index contributed by atoms with van der Waals surface area (Å²) in [7, 11) is 4.18. The van der Waals surface area contributed by atoms with Crippen molar-refractivity contribution in [3.05, 3.63) is 29.8 Å². The van der Waals surface area contributed by atoms with Crippen molar-refractivity contribution < 1.29 is 0 Å². The molecule has 80 valence electrons. The molecule has 0 spiro atoms. The average molecular weight is 219 g/mol. The third-order valence-corrected chi connectivity index (χ3v) is 3.92. The highest BCUT2D eigenvalue weighted by atomic mass is 32.1. The summed E-state index contributed by atoms with van der Waals surface area (Å²) in [6.45, 7) is 4.47. The van der Waals surface area contributed by atoms with Crippen molar-refractivity contribution in [3.8, 4) is 0 Å².